The Hall–Kier alpha value is -3.76. The summed E-state index contributed by atoms with van der Waals surface area (Å²) in [5, 5.41) is 17.8. The zero-order chi connectivity index (χ0) is 24.6. The first-order chi connectivity index (χ1) is 16.1. The molecule has 1 N–H and O–H groups in total. The van der Waals surface area contributed by atoms with E-state index in [9.17, 15) is 18.0 Å². The fourth-order valence-corrected chi connectivity index (χ4v) is 4.05. The lowest BCUT2D eigenvalue weighted by atomic mass is 10.0. The van der Waals surface area contributed by atoms with Crippen LogP contribution in [0.1, 0.15) is 34.1 Å². The van der Waals surface area contributed by atoms with Gasteiger partial charge in [0.05, 0.1) is 23.7 Å². The summed E-state index contributed by atoms with van der Waals surface area (Å²) in [5.74, 6) is 0.210. The van der Waals surface area contributed by atoms with Gasteiger partial charge in [0.2, 0.25) is 0 Å². The number of halogens is 3. The van der Waals surface area contributed by atoms with Crippen molar-refractivity contribution in [3.63, 3.8) is 0 Å². The molecule has 1 aliphatic heterocycles. The van der Waals surface area contributed by atoms with E-state index in [1.54, 1.807) is 0 Å². The fourth-order valence-electron chi connectivity index (χ4n) is 4.05. The number of hydrogen-bond acceptors (Lipinski definition) is 7. The van der Waals surface area contributed by atoms with Gasteiger partial charge in [0, 0.05) is 31.2 Å². The quantitative estimate of drug-likeness (QED) is 0.609. The smallest absolute Gasteiger partial charge is 0.416 e. The molecule has 1 aliphatic rings. The number of benzene rings is 1. The van der Waals surface area contributed by atoms with E-state index in [-0.39, 0.29) is 11.7 Å². The highest BCUT2D eigenvalue weighted by Gasteiger charge is 2.31. The molecule has 0 aliphatic carbocycles. The summed E-state index contributed by atoms with van der Waals surface area (Å²) in [6, 6.07) is 4.97. The van der Waals surface area contributed by atoms with Crippen LogP contribution in [0, 0.1) is 13.8 Å². The highest BCUT2D eigenvalue weighted by Crippen LogP contribution is 2.33. The van der Waals surface area contributed by atoms with Gasteiger partial charge in [0.15, 0.2) is 11.5 Å². The standard InChI is InChI=1S/C23H23F3N6O2/c1-13-12-31(8-9-32(13)19-11-27-18(10-28-19)22(33)34)21-15(3)14(2)20(29-30-21)16-4-6-17(7-5-16)23(24,25)26/h4-7,10-11,13H,8-9,12H2,1-3H3,(H,33,34). The number of carbonyl (C=O) groups is 1. The van der Waals surface area contributed by atoms with E-state index < -0.39 is 17.7 Å². The van der Waals surface area contributed by atoms with Gasteiger partial charge in [-0.05, 0) is 44.0 Å². The van der Waals surface area contributed by atoms with Crippen LogP contribution in [-0.4, -0.2) is 56.9 Å². The highest BCUT2D eigenvalue weighted by atomic mass is 19.4. The van der Waals surface area contributed by atoms with E-state index in [0.717, 1.165) is 29.1 Å². The van der Waals surface area contributed by atoms with E-state index in [2.05, 4.69) is 30.0 Å². The summed E-state index contributed by atoms with van der Waals surface area (Å²) >= 11 is 0. The largest absolute Gasteiger partial charge is 0.476 e. The number of rotatable bonds is 4. The van der Waals surface area contributed by atoms with Crippen LogP contribution in [0.3, 0.4) is 0 Å². The highest BCUT2D eigenvalue weighted by molar-refractivity contribution is 5.84. The van der Waals surface area contributed by atoms with Crippen molar-refractivity contribution in [1.29, 1.82) is 0 Å². The maximum atomic E-state index is 12.9. The van der Waals surface area contributed by atoms with Gasteiger partial charge >= 0.3 is 12.1 Å². The Morgan fingerprint density at radius 2 is 1.74 bits per heavy atom. The molecule has 178 valence electrons. The number of carboxylic acid groups (broad SMARTS) is 1. The van der Waals surface area contributed by atoms with E-state index in [0.29, 0.717) is 36.7 Å². The van der Waals surface area contributed by atoms with Crippen molar-refractivity contribution in [2.75, 3.05) is 29.4 Å². The summed E-state index contributed by atoms with van der Waals surface area (Å²) < 4.78 is 38.6. The second kappa shape index (κ2) is 8.88. The van der Waals surface area contributed by atoms with Crippen molar-refractivity contribution in [1.82, 2.24) is 20.2 Å². The fraction of sp³-hybridized carbons (Fsp3) is 0.348. The number of piperazine rings is 1. The van der Waals surface area contributed by atoms with Crippen LogP contribution in [0.2, 0.25) is 0 Å². The summed E-state index contributed by atoms with van der Waals surface area (Å²) in [5.41, 5.74) is 2.09. The molecule has 3 aromatic rings. The Labute approximate surface area is 194 Å². The van der Waals surface area contributed by atoms with Crippen LogP contribution >= 0.6 is 0 Å². The van der Waals surface area contributed by atoms with Crippen molar-refractivity contribution >= 4 is 17.6 Å². The molecular weight excluding hydrogens is 449 g/mol. The molecule has 0 bridgehead atoms. The number of nitrogens with zero attached hydrogens (tertiary/aromatic N) is 6. The Balaban J connectivity index is 1.52. The van der Waals surface area contributed by atoms with Crippen LogP contribution in [0.25, 0.3) is 11.3 Å². The molecule has 1 unspecified atom stereocenters. The lowest BCUT2D eigenvalue weighted by Gasteiger charge is -2.41. The first kappa shape index (κ1) is 23.4. The second-order valence-corrected chi connectivity index (χ2v) is 8.25. The van der Waals surface area contributed by atoms with Gasteiger partial charge in [-0.1, -0.05) is 12.1 Å². The van der Waals surface area contributed by atoms with Crippen molar-refractivity contribution in [2.24, 2.45) is 0 Å². The van der Waals surface area contributed by atoms with Crippen molar-refractivity contribution in [2.45, 2.75) is 33.0 Å². The SMILES string of the molecule is Cc1c(-c2ccc(C(F)(F)F)cc2)nnc(N2CCN(c3cnc(C(=O)O)cn3)C(C)C2)c1C. The van der Waals surface area contributed by atoms with Crippen molar-refractivity contribution in [3.8, 4) is 11.3 Å². The summed E-state index contributed by atoms with van der Waals surface area (Å²) in [6.07, 6.45) is -1.68. The number of carboxylic acids is 1. The molecule has 0 saturated carbocycles. The molecule has 2 aromatic heterocycles. The number of aromatic carboxylic acids is 1. The first-order valence-electron chi connectivity index (χ1n) is 10.6. The second-order valence-electron chi connectivity index (χ2n) is 8.25. The first-order valence-corrected chi connectivity index (χ1v) is 10.6. The van der Waals surface area contributed by atoms with Gasteiger partial charge in [-0.15, -0.1) is 10.2 Å². The van der Waals surface area contributed by atoms with Crippen LogP contribution in [0.5, 0.6) is 0 Å². The number of aromatic nitrogens is 4. The molecule has 0 radical (unpaired) electrons. The minimum absolute atomic E-state index is 0.0508. The predicted molar refractivity (Wildman–Crippen MR) is 120 cm³/mol. The molecule has 34 heavy (non-hydrogen) atoms. The molecule has 3 heterocycles. The lowest BCUT2D eigenvalue weighted by molar-refractivity contribution is -0.137. The predicted octanol–water partition coefficient (Wildman–Crippen LogP) is 3.98. The average molecular weight is 472 g/mol. The van der Waals surface area contributed by atoms with E-state index in [1.807, 2.05) is 20.8 Å². The van der Waals surface area contributed by atoms with E-state index >= 15 is 0 Å². The lowest BCUT2D eigenvalue weighted by Crippen LogP contribution is -2.53. The molecule has 4 rings (SSSR count). The van der Waals surface area contributed by atoms with Gasteiger partial charge < -0.3 is 14.9 Å². The Kier molecular flexibility index (Phi) is 6.11. The monoisotopic (exact) mass is 472 g/mol. The molecular formula is C23H23F3N6O2. The zero-order valence-electron chi connectivity index (χ0n) is 18.8. The zero-order valence-corrected chi connectivity index (χ0v) is 18.8. The van der Waals surface area contributed by atoms with Gasteiger partial charge in [-0.3, -0.25) is 0 Å². The third-order valence-electron chi connectivity index (χ3n) is 6.06. The molecule has 1 atom stereocenters. The molecule has 11 heteroatoms. The molecule has 1 saturated heterocycles. The third kappa shape index (κ3) is 4.50. The van der Waals surface area contributed by atoms with Crippen LogP contribution < -0.4 is 9.80 Å². The van der Waals surface area contributed by atoms with Gasteiger partial charge in [-0.25, -0.2) is 14.8 Å². The Bertz CT molecular complexity index is 1200. The molecule has 1 fully saturated rings. The van der Waals surface area contributed by atoms with Gasteiger partial charge in [-0.2, -0.15) is 13.2 Å². The summed E-state index contributed by atoms with van der Waals surface area (Å²) in [7, 11) is 0. The molecule has 8 nitrogen and oxygen atoms in total. The Morgan fingerprint density at radius 3 is 2.29 bits per heavy atom. The number of anilines is 2. The van der Waals surface area contributed by atoms with Crippen molar-refractivity contribution < 1.29 is 23.1 Å². The van der Waals surface area contributed by atoms with Gasteiger partial charge in [0.1, 0.15) is 5.82 Å². The topological polar surface area (TPSA) is 95.3 Å². The van der Waals surface area contributed by atoms with Gasteiger partial charge in [0.25, 0.3) is 0 Å². The maximum Gasteiger partial charge on any atom is 0.416 e. The van der Waals surface area contributed by atoms with Crippen LogP contribution in [0.15, 0.2) is 36.7 Å². The molecule has 1 aromatic carbocycles. The van der Waals surface area contributed by atoms with Crippen molar-refractivity contribution in [3.05, 3.63) is 59.0 Å². The van der Waals surface area contributed by atoms with E-state index in [4.69, 9.17) is 5.11 Å². The normalized spacial score (nSPS) is 16.6. The maximum absolute atomic E-state index is 12.9. The summed E-state index contributed by atoms with van der Waals surface area (Å²) in [4.78, 5) is 23.4. The van der Waals surface area contributed by atoms with Crippen LogP contribution in [0.4, 0.5) is 24.8 Å². The average Bonchev–Trinajstić information content (AvgIpc) is 2.80. The Morgan fingerprint density at radius 1 is 1.03 bits per heavy atom. The van der Waals surface area contributed by atoms with Crippen LogP contribution in [-0.2, 0) is 6.18 Å². The molecule has 0 amide bonds. The molecule has 0 spiro atoms. The summed E-state index contributed by atoms with van der Waals surface area (Å²) in [6.45, 7) is 7.76. The number of hydrogen-bond donors (Lipinski definition) is 1. The third-order valence-corrected chi connectivity index (χ3v) is 6.06. The minimum atomic E-state index is -4.39. The van der Waals surface area contributed by atoms with E-state index in [1.165, 1.54) is 24.5 Å². The number of alkyl halides is 3. The minimum Gasteiger partial charge on any atom is -0.476 e.